The van der Waals surface area contributed by atoms with Crippen LogP contribution < -0.4 is 5.32 Å². The Kier molecular flexibility index (Phi) is 7.80. The van der Waals surface area contributed by atoms with Gasteiger partial charge < -0.3 is 19.9 Å². The van der Waals surface area contributed by atoms with Crippen LogP contribution in [-0.2, 0) is 20.7 Å². The lowest BCUT2D eigenvalue weighted by atomic mass is 10.1. The molecule has 4 rings (SSSR count). The topological polar surface area (TPSA) is 74.4 Å². The van der Waals surface area contributed by atoms with E-state index >= 15 is 0 Å². The summed E-state index contributed by atoms with van der Waals surface area (Å²) in [6, 6.07) is 20.0. The van der Waals surface area contributed by atoms with Crippen LogP contribution in [0.25, 0.3) is 11.3 Å². The van der Waals surface area contributed by atoms with Crippen LogP contribution in [0.1, 0.15) is 36.1 Å². The van der Waals surface area contributed by atoms with Gasteiger partial charge in [0.15, 0.2) is 0 Å². The standard InChI is InChI=1S/C28H33N3O3/c1-20-8-6-12-25(21(20)2)30-27(32)19-31(18-24-11-7-17-34-24)28(33)16-14-23-13-15-26(29-23)22-9-4-3-5-10-22/h3-6,8-10,12-13,15,24,29H,7,11,14,16-19H2,1-2H3,(H,30,32). The lowest BCUT2D eigenvalue weighted by Crippen LogP contribution is -2.42. The zero-order valence-corrected chi connectivity index (χ0v) is 20.0. The third-order valence-corrected chi connectivity index (χ3v) is 6.45. The maximum absolute atomic E-state index is 13.2. The largest absolute Gasteiger partial charge is 0.376 e. The molecule has 34 heavy (non-hydrogen) atoms. The van der Waals surface area contributed by atoms with E-state index in [0.717, 1.165) is 46.6 Å². The van der Waals surface area contributed by atoms with Crippen LogP contribution in [0.2, 0.25) is 0 Å². The molecule has 1 fully saturated rings. The van der Waals surface area contributed by atoms with E-state index in [4.69, 9.17) is 4.74 Å². The molecule has 1 aromatic heterocycles. The molecule has 1 aliphatic rings. The number of anilines is 1. The summed E-state index contributed by atoms with van der Waals surface area (Å²) >= 11 is 0. The van der Waals surface area contributed by atoms with Gasteiger partial charge in [0, 0.05) is 36.6 Å². The predicted molar refractivity (Wildman–Crippen MR) is 135 cm³/mol. The van der Waals surface area contributed by atoms with Crippen LogP contribution >= 0.6 is 0 Å². The highest BCUT2D eigenvalue weighted by Crippen LogP contribution is 2.20. The van der Waals surface area contributed by atoms with E-state index in [1.807, 2.05) is 62.4 Å². The first-order valence-electron chi connectivity index (χ1n) is 12.0. The lowest BCUT2D eigenvalue weighted by molar-refractivity contribution is -0.136. The number of H-pyrrole nitrogens is 1. The Balaban J connectivity index is 1.38. The number of hydrogen-bond acceptors (Lipinski definition) is 3. The van der Waals surface area contributed by atoms with E-state index in [1.165, 1.54) is 0 Å². The summed E-state index contributed by atoms with van der Waals surface area (Å²) in [6.45, 7) is 5.18. The molecule has 2 N–H and O–H groups in total. The number of carbonyl (C=O) groups is 2. The van der Waals surface area contributed by atoms with Gasteiger partial charge >= 0.3 is 0 Å². The number of nitrogens with one attached hydrogen (secondary N) is 2. The molecular weight excluding hydrogens is 426 g/mol. The van der Waals surface area contributed by atoms with Crippen molar-refractivity contribution >= 4 is 17.5 Å². The first-order valence-corrected chi connectivity index (χ1v) is 12.0. The van der Waals surface area contributed by atoms with Gasteiger partial charge in [-0.15, -0.1) is 0 Å². The molecule has 1 aliphatic heterocycles. The predicted octanol–water partition coefficient (Wildman–Crippen LogP) is 4.88. The van der Waals surface area contributed by atoms with Crippen molar-refractivity contribution in [3.05, 3.63) is 77.5 Å². The molecule has 2 heterocycles. The average molecular weight is 460 g/mol. The second kappa shape index (κ2) is 11.2. The molecular formula is C28H33N3O3. The smallest absolute Gasteiger partial charge is 0.244 e. The van der Waals surface area contributed by atoms with Crippen molar-refractivity contribution in [3.8, 4) is 11.3 Å². The molecule has 178 valence electrons. The number of benzene rings is 2. The summed E-state index contributed by atoms with van der Waals surface area (Å²) in [5.74, 6) is -0.228. The number of aryl methyl sites for hydroxylation is 2. The van der Waals surface area contributed by atoms with Crippen LogP contribution in [-0.4, -0.2) is 47.5 Å². The average Bonchev–Trinajstić information content (AvgIpc) is 3.53. The van der Waals surface area contributed by atoms with Crippen molar-refractivity contribution in [1.29, 1.82) is 0 Å². The summed E-state index contributed by atoms with van der Waals surface area (Å²) in [6.07, 6.45) is 2.82. The molecule has 1 saturated heterocycles. The SMILES string of the molecule is Cc1cccc(NC(=O)CN(CC2CCCO2)C(=O)CCc2ccc(-c3ccccc3)[nH]2)c1C. The van der Waals surface area contributed by atoms with Crippen molar-refractivity contribution in [1.82, 2.24) is 9.88 Å². The fraction of sp³-hybridized carbons (Fsp3) is 0.357. The first kappa shape index (κ1) is 23.8. The summed E-state index contributed by atoms with van der Waals surface area (Å²) in [4.78, 5) is 31.1. The minimum atomic E-state index is -0.189. The van der Waals surface area contributed by atoms with Crippen molar-refractivity contribution in [2.75, 3.05) is 25.0 Å². The highest BCUT2D eigenvalue weighted by atomic mass is 16.5. The highest BCUT2D eigenvalue weighted by molar-refractivity contribution is 5.95. The molecule has 2 amide bonds. The van der Waals surface area contributed by atoms with Crippen molar-refractivity contribution < 1.29 is 14.3 Å². The van der Waals surface area contributed by atoms with E-state index < -0.39 is 0 Å². The maximum atomic E-state index is 13.2. The number of hydrogen-bond donors (Lipinski definition) is 2. The number of carbonyl (C=O) groups excluding carboxylic acids is 2. The normalized spacial score (nSPS) is 15.3. The van der Waals surface area contributed by atoms with Gasteiger partial charge in [0.25, 0.3) is 0 Å². The van der Waals surface area contributed by atoms with Crippen LogP contribution in [0.15, 0.2) is 60.7 Å². The minimum absolute atomic E-state index is 0.00683. The molecule has 1 atom stereocenters. The third-order valence-electron chi connectivity index (χ3n) is 6.45. The van der Waals surface area contributed by atoms with Gasteiger partial charge in [0.1, 0.15) is 0 Å². The summed E-state index contributed by atoms with van der Waals surface area (Å²) < 4.78 is 5.75. The molecule has 0 aliphatic carbocycles. The Morgan fingerprint density at radius 1 is 1.06 bits per heavy atom. The summed E-state index contributed by atoms with van der Waals surface area (Å²) in [5.41, 5.74) is 6.09. The number of ether oxygens (including phenoxy) is 1. The quantitative estimate of drug-likeness (QED) is 0.479. The number of aromatic amines is 1. The number of amides is 2. The summed E-state index contributed by atoms with van der Waals surface area (Å²) in [7, 11) is 0. The molecule has 1 unspecified atom stereocenters. The van der Waals surface area contributed by atoms with Gasteiger partial charge in [0.05, 0.1) is 12.6 Å². The Bertz CT molecular complexity index is 1120. The molecule has 6 heteroatoms. The van der Waals surface area contributed by atoms with E-state index in [1.54, 1.807) is 4.90 Å². The maximum Gasteiger partial charge on any atom is 0.244 e. The molecule has 0 spiro atoms. The van der Waals surface area contributed by atoms with Gasteiger partial charge in [0.2, 0.25) is 11.8 Å². The van der Waals surface area contributed by atoms with Gasteiger partial charge in [-0.25, -0.2) is 0 Å². The van der Waals surface area contributed by atoms with Gasteiger partial charge in [-0.05, 0) is 68.0 Å². The van der Waals surface area contributed by atoms with Crippen molar-refractivity contribution in [2.45, 2.75) is 45.6 Å². The third kappa shape index (κ3) is 6.14. The van der Waals surface area contributed by atoms with E-state index in [2.05, 4.69) is 22.4 Å². The number of rotatable bonds is 9. The first-order chi connectivity index (χ1) is 16.5. The highest BCUT2D eigenvalue weighted by Gasteiger charge is 2.24. The van der Waals surface area contributed by atoms with E-state index in [9.17, 15) is 9.59 Å². The van der Waals surface area contributed by atoms with Crippen molar-refractivity contribution in [2.24, 2.45) is 0 Å². The second-order valence-electron chi connectivity index (χ2n) is 8.97. The molecule has 6 nitrogen and oxygen atoms in total. The molecule has 3 aromatic rings. The van der Waals surface area contributed by atoms with Gasteiger partial charge in [-0.1, -0.05) is 42.5 Å². The minimum Gasteiger partial charge on any atom is -0.376 e. The fourth-order valence-corrected chi connectivity index (χ4v) is 4.31. The van der Waals surface area contributed by atoms with Crippen LogP contribution in [0, 0.1) is 13.8 Å². The molecule has 0 saturated carbocycles. The Labute approximate surface area is 201 Å². The second-order valence-corrected chi connectivity index (χ2v) is 8.97. The van der Waals surface area contributed by atoms with E-state index in [-0.39, 0.29) is 24.5 Å². The molecule has 0 radical (unpaired) electrons. The lowest BCUT2D eigenvalue weighted by Gasteiger charge is -2.25. The summed E-state index contributed by atoms with van der Waals surface area (Å²) in [5, 5.41) is 2.98. The monoisotopic (exact) mass is 459 g/mol. The van der Waals surface area contributed by atoms with E-state index in [0.29, 0.717) is 26.0 Å². The van der Waals surface area contributed by atoms with Crippen LogP contribution in [0.5, 0.6) is 0 Å². The number of nitrogens with zero attached hydrogens (tertiary/aromatic N) is 1. The Morgan fingerprint density at radius 2 is 1.88 bits per heavy atom. The zero-order chi connectivity index (χ0) is 23.9. The van der Waals surface area contributed by atoms with Gasteiger partial charge in [-0.2, -0.15) is 0 Å². The van der Waals surface area contributed by atoms with Crippen molar-refractivity contribution in [3.63, 3.8) is 0 Å². The van der Waals surface area contributed by atoms with Crippen LogP contribution in [0.3, 0.4) is 0 Å². The molecule has 0 bridgehead atoms. The van der Waals surface area contributed by atoms with Gasteiger partial charge in [-0.3, -0.25) is 9.59 Å². The fourth-order valence-electron chi connectivity index (χ4n) is 4.31. The number of aromatic nitrogens is 1. The zero-order valence-electron chi connectivity index (χ0n) is 20.0. The van der Waals surface area contributed by atoms with Crippen LogP contribution in [0.4, 0.5) is 5.69 Å². The Hall–Kier alpha value is -3.38. The Morgan fingerprint density at radius 3 is 2.65 bits per heavy atom. The molecule has 2 aromatic carbocycles.